The number of hydrogen-bond donors (Lipinski definition) is 3. The van der Waals surface area contributed by atoms with E-state index in [1.165, 1.54) is 19.3 Å². The van der Waals surface area contributed by atoms with Gasteiger partial charge in [0.2, 0.25) is 0 Å². The van der Waals surface area contributed by atoms with Crippen LogP contribution in [0.5, 0.6) is 0 Å². The third kappa shape index (κ3) is 7.46. The molecule has 0 aliphatic heterocycles. The van der Waals surface area contributed by atoms with Gasteiger partial charge in [-0.1, -0.05) is 26.3 Å². The third-order valence-electron chi connectivity index (χ3n) is 1.17. The van der Waals surface area contributed by atoms with Gasteiger partial charge in [0.15, 0.2) is 0 Å². The van der Waals surface area contributed by atoms with Crippen molar-refractivity contribution in [1.29, 1.82) is 0 Å². The molecule has 0 amide bonds. The van der Waals surface area contributed by atoms with Crippen LogP contribution in [0.3, 0.4) is 0 Å². The van der Waals surface area contributed by atoms with E-state index in [-0.39, 0.29) is 0 Å². The highest BCUT2D eigenvalue weighted by Crippen LogP contribution is 1.89. The van der Waals surface area contributed by atoms with Gasteiger partial charge in [0.05, 0.1) is 0 Å². The summed E-state index contributed by atoms with van der Waals surface area (Å²) >= 11 is 0. The topological polar surface area (TPSA) is 36.1 Å². The first-order chi connectivity index (χ1) is 4.91. The molecule has 0 saturated heterocycles. The zero-order valence-corrected chi connectivity index (χ0v) is 6.61. The van der Waals surface area contributed by atoms with Crippen LogP contribution >= 0.6 is 0 Å². The van der Waals surface area contributed by atoms with Crippen LogP contribution < -0.4 is 16.4 Å². The van der Waals surface area contributed by atoms with Gasteiger partial charge in [0, 0.05) is 12.7 Å². The Balaban J connectivity index is 2.70. The molecule has 0 atom stereocenters. The van der Waals surface area contributed by atoms with Crippen LogP contribution in [0.15, 0.2) is 12.8 Å². The van der Waals surface area contributed by atoms with Gasteiger partial charge in [-0.25, -0.2) is 5.43 Å². The molecule has 0 spiro atoms. The van der Waals surface area contributed by atoms with Crippen molar-refractivity contribution in [1.82, 2.24) is 16.4 Å². The molecule has 3 heteroatoms. The van der Waals surface area contributed by atoms with Crippen molar-refractivity contribution in [2.24, 2.45) is 0 Å². The lowest BCUT2D eigenvalue weighted by atomic mass is 10.3. The first-order valence-electron chi connectivity index (χ1n) is 3.76. The molecule has 0 aliphatic rings. The molecule has 0 radical (unpaired) electrons. The van der Waals surface area contributed by atoms with Crippen molar-refractivity contribution in [2.45, 2.75) is 26.2 Å². The first-order valence-corrected chi connectivity index (χ1v) is 3.76. The number of unbranched alkanes of at least 4 members (excludes halogenated alkanes) is 2. The Hall–Kier alpha value is -0.540. The monoisotopic (exact) mass is 143 g/mol. The summed E-state index contributed by atoms with van der Waals surface area (Å²) in [6.07, 6.45) is 5.34. The average Bonchev–Trinajstić information content (AvgIpc) is 1.97. The van der Waals surface area contributed by atoms with Crippen molar-refractivity contribution in [3.8, 4) is 0 Å². The SMILES string of the molecule is C=CNNNCCCCC. The fraction of sp³-hybridized carbons (Fsp3) is 0.714. The van der Waals surface area contributed by atoms with Gasteiger partial charge in [-0.2, -0.15) is 5.53 Å². The lowest BCUT2D eigenvalue weighted by molar-refractivity contribution is 0.473. The molecule has 0 aromatic heterocycles. The van der Waals surface area contributed by atoms with Crippen molar-refractivity contribution in [3.05, 3.63) is 12.8 Å². The second-order valence-corrected chi connectivity index (χ2v) is 2.11. The summed E-state index contributed by atoms with van der Waals surface area (Å²) in [5.74, 6) is 0. The summed E-state index contributed by atoms with van der Waals surface area (Å²) in [5, 5.41) is 0. The maximum Gasteiger partial charge on any atom is 0.0117 e. The summed E-state index contributed by atoms with van der Waals surface area (Å²) in [7, 11) is 0. The van der Waals surface area contributed by atoms with Crippen LogP contribution in [0.1, 0.15) is 26.2 Å². The molecule has 10 heavy (non-hydrogen) atoms. The highest BCUT2D eigenvalue weighted by Gasteiger charge is 1.82. The first kappa shape index (κ1) is 9.46. The zero-order valence-electron chi connectivity index (χ0n) is 6.61. The van der Waals surface area contributed by atoms with Crippen LogP contribution in [0.4, 0.5) is 0 Å². The van der Waals surface area contributed by atoms with E-state index in [9.17, 15) is 0 Å². The van der Waals surface area contributed by atoms with E-state index in [0.29, 0.717) is 0 Å². The molecule has 0 bridgehead atoms. The molecule has 3 nitrogen and oxygen atoms in total. The minimum Gasteiger partial charge on any atom is -0.316 e. The molecule has 0 aromatic rings. The molecule has 0 fully saturated rings. The molecule has 60 valence electrons. The van der Waals surface area contributed by atoms with Gasteiger partial charge < -0.3 is 5.43 Å². The predicted molar refractivity (Wildman–Crippen MR) is 44.0 cm³/mol. The smallest absolute Gasteiger partial charge is 0.0117 e. The molecule has 0 heterocycles. The van der Waals surface area contributed by atoms with E-state index in [1.807, 2.05) is 0 Å². The van der Waals surface area contributed by atoms with Crippen molar-refractivity contribution in [2.75, 3.05) is 6.54 Å². The third-order valence-corrected chi connectivity index (χ3v) is 1.17. The molecule has 0 rings (SSSR count). The quantitative estimate of drug-likeness (QED) is 0.366. The van der Waals surface area contributed by atoms with E-state index in [4.69, 9.17) is 0 Å². The average molecular weight is 143 g/mol. The van der Waals surface area contributed by atoms with E-state index in [0.717, 1.165) is 6.54 Å². The summed E-state index contributed by atoms with van der Waals surface area (Å²) in [6.45, 7) is 6.67. The van der Waals surface area contributed by atoms with Crippen molar-refractivity contribution >= 4 is 0 Å². The minimum absolute atomic E-state index is 0.995. The number of hydrazine groups is 2. The standard InChI is InChI=1S/C7H17N3/c1-3-5-6-7-9-10-8-4-2/h4,8-10H,2-3,5-7H2,1H3. The highest BCUT2D eigenvalue weighted by atomic mass is 15.6. The molecule has 0 saturated carbocycles. The molecule has 3 N–H and O–H groups in total. The Morgan fingerprint density at radius 1 is 1.40 bits per heavy atom. The maximum atomic E-state index is 3.48. The van der Waals surface area contributed by atoms with Gasteiger partial charge in [0.1, 0.15) is 0 Å². The number of rotatable bonds is 7. The summed E-state index contributed by atoms with van der Waals surface area (Å²) < 4.78 is 0. The largest absolute Gasteiger partial charge is 0.316 e. The predicted octanol–water partition coefficient (Wildman–Crippen LogP) is 0.919. The van der Waals surface area contributed by atoms with Crippen LogP contribution in [0.2, 0.25) is 0 Å². The van der Waals surface area contributed by atoms with Crippen LogP contribution in [-0.4, -0.2) is 6.54 Å². The van der Waals surface area contributed by atoms with E-state index < -0.39 is 0 Å². The Morgan fingerprint density at radius 3 is 2.80 bits per heavy atom. The van der Waals surface area contributed by atoms with Gasteiger partial charge >= 0.3 is 0 Å². The van der Waals surface area contributed by atoms with Gasteiger partial charge in [0.25, 0.3) is 0 Å². The van der Waals surface area contributed by atoms with Crippen molar-refractivity contribution < 1.29 is 0 Å². The van der Waals surface area contributed by atoms with E-state index >= 15 is 0 Å². The molecular weight excluding hydrogens is 126 g/mol. The second kappa shape index (κ2) is 8.46. The second-order valence-electron chi connectivity index (χ2n) is 2.11. The maximum absolute atomic E-state index is 3.48. The van der Waals surface area contributed by atoms with Crippen LogP contribution in [0, 0.1) is 0 Å². The minimum atomic E-state index is 0.995. The number of nitrogens with one attached hydrogen (secondary N) is 3. The van der Waals surface area contributed by atoms with Gasteiger partial charge in [-0.05, 0) is 6.42 Å². The van der Waals surface area contributed by atoms with E-state index in [1.54, 1.807) is 6.20 Å². The summed E-state index contributed by atoms with van der Waals surface area (Å²) in [6, 6.07) is 0. The molecular formula is C7H17N3. The molecule has 0 aromatic carbocycles. The highest BCUT2D eigenvalue weighted by molar-refractivity contribution is 4.56. The Morgan fingerprint density at radius 2 is 2.20 bits per heavy atom. The van der Waals surface area contributed by atoms with Crippen molar-refractivity contribution in [3.63, 3.8) is 0 Å². The Bertz CT molecular complexity index is 73.3. The fourth-order valence-corrected chi connectivity index (χ4v) is 0.628. The van der Waals surface area contributed by atoms with Crippen LogP contribution in [-0.2, 0) is 0 Å². The van der Waals surface area contributed by atoms with E-state index in [2.05, 4.69) is 29.9 Å². The summed E-state index contributed by atoms with van der Waals surface area (Å²) in [5.41, 5.74) is 8.49. The van der Waals surface area contributed by atoms with Gasteiger partial charge in [-0.3, -0.25) is 0 Å². The summed E-state index contributed by atoms with van der Waals surface area (Å²) in [4.78, 5) is 0. The molecule has 0 unspecified atom stereocenters. The Kier molecular flexibility index (Phi) is 8.00. The lowest BCUT2D eigenvalue weighted by Gasteiger charge is -2.04. The lowest BCUT2D eigenvalue weighted by Crippen LogP contribution is -2.40. The Labute approximate surface area is 62.8 Å². The fourth-order valence-electron chi connectivity index (χ4n) is 0.628. The molecule has 0 aliphatic carbocycles. The zero-order chi connectivity index (χ0) is 7.66. The van der Waals surface area contributed by atoms with Gasteiger partial charge in [-0.15, -0.1) is 0 Å². The number of hydrogen-bond acceptors (Lipinski definition) is 3. The normalized spacial score (nSPS) is 9.30. The van der Waals surface area contributed by atoms with Crippen LogP contribution in [0.25, 0.3) is 0 Å².